The average Bonchev–Trinajstić information content (AvgIpc) is 2.86. The Morgan fingerprint density at radius 2 is 1.58 bits per heavy atom. The summed E-state index contributed by atoms with van der Waals surface area (Å²) in [5, 5.41) is 3.81. The molecular formula is C17H14BrN3O4S. The molecule has 0 fully saturated rings. The van der Waals surface area contributed by atoms with Crippen LogP contribution in [0.25, 0.3) is 0 Å². The molecular weight excluding hydrogens is 422 g/mol. The molecule has 0 radical (unpaired) electrons. The highest BCUT2D eigenvalue weighted by atomic mass is 79.9. The number of fused-ring (bicyclic) bond motifs is 1. The van der Waals surface area contributed by atoms with Crippen LogP contribution in [0, 0.1) is 0 Å². The number of hydrogen-bond donors (Lipinski definition) is 1. The molecule has 134 valence electrons. The number of carbonyl (C=O) groups excluding carboxylic acids is 2. The second-order valence-electron chi connectivity index (χ2n) is 5.64. The van der Waals surface area contributed by atoms with E-state index >= 15 is 0 Å². The summed E-state index contributed by atoms with van der Waals surface area (Å²) in [5.74, 6) is -0.841. The van der Waals surface area contributed by atoms with E-state index in [9.17, 15) is 18.0 Å². The van der Waals surface area contributed by atoms with Crippen LogP contribution >= 0.6 is 15.9 Å². The van der Waals surface area contributed by atoms with Crippen molar-refractivity contribution in [2.75, 3.05) is 6.54 Å². The maximum Gasteiger partial charge on any atom is 0.276 e. The first kappa shape index (κ1) is 18.3. The lowest BCUT2D eigenvalue weighted by atomic mass is 10.1. The number of carbonyl (C=O) groups is 2. The van der Waals surface area contributed by atoms with Gasteiger partial charge in [0.2, 0.25) is 0 Å². The number of rotatable bonds is 5. The third-order valence-corrected chi connectivity index (χ3v) is 5.50. The van der Waals surface area contributed by atoms with E-state index in [0.29, 0.717) is 11.1 Å². The van der Waals surface area contributed by atoms with Crippen molar-refractivity contribution in [2.45, 2.75) is 11.8 Å². The molecule has 0 aliphatic carbocycles. The first-order valence-electron chi connectivity index (χ1n) is 7.55. The summed E-state index contributed by atoms with van der Waals surface area (Å²) in [6.07, 6.45) is 0. The van der Waals surface area contributed by atoms with Crippen LogP contribution in [-0.4, -0.2) is 37.4 Å². The Morgan fingerprint density at radius 3 is 2.12 bits per heavy atom. The van der Waals surface area contributed by atoms with Gasteiger partial charge in [-0.3, -0.25) is 14.5 Å². The fraction of sp³-hybridized carbons (Fsp3) is 0.118. The van der Waals surface area contributed by atoms with E-state index in [1.54, 1.807) is 36.4 Å². The molecule has 0 aromatic heterocycles. The molecule has 2 aromatic rings. The fourth-order valence-electron chi connectivity index (χ4n) is 2.45. The van der Waals surface area contributed by atoms with E-state index in [2.05, 4.69) is 25.9 Å². The first-order chi connectivity index (χ1) is 12.3. The minimum absolute atomic E-state index is 0.0537. The number of imide groups is 1. The monoisotopic (exact) mass is 435 g/mol. The lowest BCUT2D eigenvalue weighted by Crippen LogP contribution is -2.35. The van der Waals surface area contributed by atoms with E-state index in [4.69, 9.17) is 0 Å². The minimum atomic E-state index is -3.83. The van der Waals surface area contributed by atoms with Gasteiger partial charge in [0.1, 0.15) is 0 Å². The first-order valence-corrected chi connectivity index (χ1v) is 9.83. The normalized spacial score (nSPS) is 14.5. The van der Waals surface area contributed by atoms with Gasteiger partial charge in [0, 0.05) is 4.47 Å². The quantitative estimate of drug-likeness (QED) is 0.442. The van der Waals surface area contributed by atoms with Crippen LogP contribution in [-0.2, 0) is 10.0 Å². The van der Waals surface area contributed by atoms with Crippen LogP contribution in [0.5, 0.6) is 0 Å². The van der Waals surface area contributed by atoms with Crippen LogP contribution in [0.3, 0.4) is 0 Å². The number of halogens is 1. The number of amides is 2. The number of hydrazone groups is 1. The lowest BCUT2D eigenvalue weighted by molar-refractivity contribution is 0.0677. The highest BCUT2D eigenvalue weighted by Crippen LogP contribution is 2.22. The molecule has 9 heteroatoms. The van der Waals surface area contributed by atoms with Crippen molar-refractivity contribution in [1.82, 2.24) is 9.73 Å². The summed E-state index contributed by atoms with van der Waals surface area (Å²) in [4.78, 5) is 27.8. The van der Waals surface area contributed by atoms with Crippen molar-refractivity contribution >= 4 is 43.5 Å². The van der Waals surface area contributed by atoms with E-state index in [-0.39, 0.29) is 17.2 Å². The number of benzene rings is 2. The maximum atomic E-state index is 12.3. The zero-order chi connectivity index (χ0) is 18.9. The van der Waals surface area contributed by atoms with Gasteiger partial charge in [-0.1, -0.05) is 28.1 Å². The molecule has 0 unspecified atom stereocenters. The lowest BCUT2D eigenvalue weighted by Gasteiger charge is -2.13. The average molecular weight is 436 g/mol. The zero-order valence-corrected chi connectivity index (χ0v) is 16.0. The van der Waals surface area contributed by atoms with Crippen LogP contribution in [0.2, 0.25) is 0 Å². The van der Waals surface area contributed by atoms with Crippen molar-refractivity contribution in [3.63, 3.8) is 0 Å². The largest absolute Gasteiger partial charge is 0.276 e. The molecule has 2 amide bonds. The molecule has 1 heterocycles. The number of nitrogens with zero attached hydrogens (tertiary/aromatic N) is 2. The Hall–Kier alpha value is -2.52. The van der Waals surface area contributed by atoms with Gasteiger partial charge in [0.05, 0.1) is 28.3 Å². The van der Waals surface area contributed by atoms with Gasteiger partial charge in [-0.05, 0) is 43.3 Å². The Bertz CT molecular complexity index is 982. The molecule has 1 aliphatic rings. The Kier molecular flexibility index (Phi) is 4.92. The standard InChI is InChI=1S/C17H14BrN3O4S/c1-11(19-20-26(24,25)13-8-6-12(18)7-9-13)10-21-16(22)14-4-2-3-5-15(14)17(21)23/h2-9,20H,10H2,1H3/b19-11-. The molecule has 0 bridgehead atoms. The molecule has 0 saturated heterocycles. The number of sulfonamides is 1. The zero-order valence-electron chi connectivity index (χ0n) is 13.6. The highest BCUT2D eigenvalue weighted by molar-refractivity contribution is 9.10. The van der Waals surface area contributed by atoms with Crippen LogP contribution in [0.1, 0.15) is 27.6 Å². The van der Waals surface area contributed by atoms with Gasteiger partial charge in [-0.2, -0.15) is 13.5 Å². The van der Waals surface area contributed by atoms with E-state index < -0.39 is 21.8 Å². The van der Waals surface area contributed by atoms with Gasteiger partial charge in [-0.15, -0.1) is 0 Å². The molecule has 2 aromatic carbocycles. The van der Waals surface area contributed by atoms with Crippen molar-refractivity contribution in [1.29, 1.82) is 0 Å². The van der Waals surface area contributed by atoms with Crippen LogP contribution in [0.4, 0.5) is 0 Å². The molecule has 26 heavy (non-hydrogen) atoms. The summed E-state index contributed by atoms with van der Waals surface area (Å²) in [6, 6.07) is 12.6. The van der Waals surface area contributed by atoms with Gasteiger partial charge in [0.15, 0.2) is 0 Å². The smallest absolute Gasteiger partial charge is 0.269 e. The third kappa shape index (κ3) is 3.54. The van der Waals surface area contributed by atoms with Gasteiger partial charge >= 0.3 is 0 Å². The molecule has 1 aliphatic heterocycles. The second-order valence-corrected chi connectivity index (χ2v) is 8.21. The molecule has 3 rings (SSSR count). The second kappa shape index (κ2) is 7.00. The molecule has 0 saturated carbocycles. The van der Waals surface area contributed by atoms with Crippen molar-refractivity contribution in [3.8, 4) is 0 Å². The summed E-state index contributed by atoms with van der Waals surface area (Å²) in [5.41, 5.74) is 0.946. The van der Waals surface area contributed by atoms with Crippen molar-refractivity contribution in [3.05, 3.63) is 64.1 Å². The van der Waals surface area contributed by atoms with Crippen molar-refractivity contribution < 1.29 is 18.0 Å². The van der Waals surface area contributed by atoms with Crippen molar-refractivity contribution in [2.24, 2.45) is 5.10 Å². The third-order valence-electron chi connectivity index (χ3n) is 3.75. The molecule has 0 atom stereocenters. The van der Waals surface area contributed by atoms with Gasteiger partial charge < -0.3 is 0 Å². The van der Waals surface area contributed by atoms with Gasteiger partial charge in [0.25, 0.3) is 21.8 Å². The van der Waals surface area contributed by atoms with E-state index in [1.807, 2.05) is 0 Å². The maximum absolute atomic E-state index is 12.3. The Morgan fingerprint density at radius 1 is 1.04 bits per heavy atom. The predicted molar refractivity (Wildman–Crippen MR) is 99.4 cm³/mol. The molecule has 1 N–H and O–H groups in total. The Labute approximate surface area is 158 Å². The van der Waals surface area contributed by atoms with E-state index in [0.717, 1.165) is 9.37 Å². The molecule has 7 nitrogen and oxygen atoms in total. The van der Waals surface area contributed by atoms with Gasteiger partial charge in [-0.25, -0.2) is 4.83 Å². The number of nitrogens with one attached hydrogen (secondary N) is 1. The van der Waals surface area contributed by atoms with Crippen LogP contribution < -0.4 is 4.83 Å². The number of hydrogen-bond acceptors (Lipinski definition) is 5. The Balaban J connectivity index is 1.73. The summed E-state index contributed by atoms with van der Waals surface area (Å²) in [7, 11) is -3.83. The summed E-state index contributed by atoms with van der Waals surface area (Å²) < 4.78 is 25.2. The summed E-state index contributed by atoms with van der Waals surface area (Å²) in [6.45, 7) is 1.43. The predicted octanol–water partition coefficient (Wildman–Crippen LogP) is 2.40. The van der Waals surface area contributed by atoms with E-state index in [1.165, 1.54) is 19.1 Å². The fourth-order valence-corrected chi connectivity index (χ4v) is 3.59. The SMILES string of the molecule is C/C(CN1C(=O)c2ccccc2C1=O)=N/NS(=O)(=O)c1ccc(Br)cc1. The minimum Gasteiger partial charge on any atom is -0.269 e. The van der Waals surface area contributed by atoms with Crippen LogP contribution in [0.15, 0.2) is 63.0 Å². The highest BCUT2D eigenvalue weighted by Gasteiger charge is 2.35. The molecule has 0 spiro atoms. The summed E-state index contributed by atoms with van der Waals surface area (Å²) >= 11 is 3.23. The topological polar surface area (TPSA) is 95.9 Å².